The molecule has 0 unspecified atom stereocenters. The largest absolute Gasteiger partial charge is 0.397 e. The molecule has 0 spiro atoms. The number of nitrogen functional groups attached to an aromatic ring is 1. The number of hydrogen-bond acceptors (Lipinski definition) is 5. The van der Waals surface area contributed by atoms with Gasteiger partial charge in [-0.1, -0.05) is 0 Å². The van der Waals surface area contributed by atoms with Crippen LogP contribution in [0.2, 0.25) is 0 Å². The average Bonchev–Trinajstić information content (AvgIpc) is 2.85. The van der Waals surface area contributed by atoms with E-state index < -0.39 is 5.54 Å². The van der Waals surface area contributed by atoms with Crippen LogP contribution in [0.15, 0.2) is 29.9 Å². The van der Waals surface area contributed by atoms with Crippen molar-refractivity contribution in [1.29, 1.82) is 0 Å². The first-order chi connectivity index (χ1) is 8.97. The Hall–Kier alpha value is -1.37. The molecule has 0 aliphatic rings. The molecule has 2 rings (SSSR count). The highest BCUT2D eigenvalue weighted by Gasteiger charge is 2.25. The lowest BCUT2D eigenvalue weighted by Crippen LogP contribution is -2.41. The van der Waals surface area contributed by atoms with Gasteiger partial charge in [-0.2, -0.15) is 0 Å². The van der Waals surface area contributed by atoms with Crippen LogP contribution in [0.25, 0.3) is 0 Å². The van der Waals surface area contributed by atoms with E-state index in [0.717, 1.165) is 5.01 Å². The second-order valence-corrected chi connectivity index (χ2v) is 5.66. The van der Waals surface area contributed by atoms with E-state index in [9.17, 15) is 4.79 Å². The number of hydrogen-bond donors (Lipinski definition) is 2. The summed E-state index contributed by atoms with van der Waals surface area (Å²) in [6, 6.07) is 3.49. The standard InChI is InChI=1S/C13H16N4OS.2ClH/c1-13(2,12-15-5-6-19-12)17-11(18)7-10-4-3-9(14)8-16-10;;/h3-6,8H,7,14H2,1-2H3,(H,17,18);2*1H. The minimum Gasteiger partial charge on any atom is -0.397 e. The van der Waals surface area contributed by atoms with E-state index in [1.807, 2.05) is 19.2 Å². The molecular weight excluding hydrogens is 331 g/mol. The van der Waals surface area contributed by atoms with Gasteiger partial charge in [-0.25, -0.2) is 4.98 Å². The molecule has 0 fully saturated rings. The maximum Gasteiger partial charge on any atom is 0.226 e. The van der Waals surface area contributed by atoms with E-state index in [4.69, 9.17) is 5.73 Å². The molecule has 3 N–H and O–H groups in total. The smallest absolute Gasteiger partial charge is 0.226 e. The fourth-order valence-electron chi connectivity index (χ4n) is 1.68. The van der Waals surface area contributed by atoms with E-state index >= 15 is 0 Å². The maximum absolute atomic E-state index is 12.0. The van der Waals surface area contributed by atoms with Crippen LogP contribution in [0.1, 0.15) is 24.5 Å². The van der Waals surface area contributed by atoms with Gasteiger partial charge < -0.3 is 11.1 Å². The van der Waals surface area contributed by atoms with Gasteiger partial charge in [-0.05, 0) is 26.0 Å². The molecule has 8 heteroatoms. The van der Waals surface area contributed by atoms with Crippen LogP contribution in [-0.2, 0) is 16.8 Å². The third-order valence-corrected chi connectivity index (χ3v) is 3.70. The molecule has 0 aliphatic carbocycles. The van der Waals surface area contributed by atoms with Crippen molar-refractivity contribution >= 4 is 47.7 Å². The Balaban J connectivity index is 0.00000200. The first kappa shape index (κ1) is 19.6. The van der Waals surface area contributed by atoms with E-state index in [-0.39, 0.29) is 37.1 Å². The fraction of sp³-hybridized carbons (Fsp3) is 0.308. The van der Waals surface area contributed by atoms with Crippen molar-refractivity contribution in [3.63, 3.8) is 0 Å². The second-order valence-electron chi connectivity index (χ2n) is 4.77. The van der Waals surface area contributed by atoms with Gasteiger partial charge in [0.05, 0.1) is 23.8 Å². The van der Waals surface area contributed by atoms with E-state index in [1.165, 1.54) is 11.3 Å². The van der Waals surface area contributed by atoms with Gasteiger partial charge in [0.25, 0.3) is 0 Å². The van der Waals surface area contributed by atoms with Crippen LogP contribution in [0.3, 0.4) is 0 Å². The molecule has 116 valence electrons. The Morgan fingerprint density at radius 2 is 2.05 bits per heavy atom. The number of carbonyl (C=O) groups is 1. The summed E-state index contributed by atoms with van der Waals surface area (Å²) in [5.74, 6) is -0.0857. The number of halogens is 2. The number of rotatable bonds is 4. The summed E-state index contributed by atoms with van der Waals surface area (Å²) in [7, 11) is 0. The van der Waals surface area contributed by atoms with Gasteiger partial charge in [0.1, 0.15) is 5.01 Å². The number of aromatic nitrogens is 2. The molecule has 0 aliphatic heterocycles. The highest BCUT2D eigenvalue weighted by atomic mass is 35.5. The zero-order valence-electron chi connectivity index (χ0n) is 11.7. The predicted octanol–water partition coefficient (Wildman–Crippen LogP) is 2.56. The lowest BCUT2D eigenvalue weighted by atomic mass is 10.1. The number of thiazole rings is 1. The molecule has 0 saturated heterocycles. The fourth-order valence-corrected chi connectivity index (χ4v) is 2.40. The zero-order chi connectivity index (χ0) is 13.9. The van der Waals surface area contributed by atoms with Crippen molar-refractivity contribution < 1.29 is 4.79 Å². The van der Waals surface area contributed by atoms with Gasteiger partial charge >= 0.3 is 0 Å². The summed E-state index contributed by atoms with van der Waals surface area (Å²) in [6.45, 7) is 3.86. The number of carbonyl (C=O) groups excluding carboxylic acids is 1. The van der Waals surface area contributed by atoms with Crippen LogP contribution in [0, 0.1) is 0 Å². The van der Waals surface area contributed by atoms with E-state index in [0.29, 0.717) is 11.4 Å². The van der Waals surface area contributed by atoms with Crippen LogP contribution >= 0.6 is 36.2 Å². The van der Waals surface area contributed by atoms with Crippen LogP contribution < -0.4 is 11.1 Å². The Labute approximate surface area is 140 Å². The Morgan fingerprint density at radius 1 is 1.33 bits per heavy atom. The summed E-state index contributed by atoms with van der Waals surface area (Å²) in [5, 5.41) is 5.73. The van der Waals surface area contributed by atoms with Crippen molar-refractivity contribution in [2.45, 2.75) is 25.8 Å². The highest BCUT2D eigenvalue weighted by Crippen LogP contribution is 2.21. The topological polar surface area (TPSA) is 80.9 Å². The summed E-state index contributed by atoms with van der Waals surface area (Å²) in [4.78, 5) is 20.3. The summed E-state index contributed by atoms with van der Waals surface area (Å²) in [5.41, 5.74) is 6.37. The third kappa shape index (κ3) is 5.49. The molecule has 0 saturated carbocycles. The van der Waals surface area contributed by atoms with Crippen molar-refractivity contribution in [3.8, 4) is 0 Å². The number of nitrogens with zero attached hydrogens (tertiary/aromatic N) is 2. The SMILES string of the molecule is CC(C)(NC(=O)Cc1ccc(N)cn1)c1nccs1.Cl.Cl. The Kier molecular flexibility index (Phi) is 7.63. The van der Waals surface area contributed by atoms with Crippen molar-refractivity contribution in [3.05, 3.63) is 40.6 Å². The van der Waals surface area contributed by atoms with Crippen molar-refractivity contribution in [2.75, 3.05) is 5.73 Å². The number of pyridine rings is 1. The molecule has 2 heterocycles. The van der Waals surface area contributed by atoms with Gasteiger partial charge in [0.15, 0.2) is 0 Å². The van der Waals surface area contributed by atoms with Gasteiger partial charge in [-0.15, -0.1) is 36.2 Å². The molecule has 0 aromatic carbocycles. The lowest BCUT2D eigenvalue weighted by Gasteiger charge is -2.23. The van der Waals surface area contributed by atoms with E-state index in [1.54, 1.807) is 24.5 Å². The lowest BCUT2D eigenvalue weighted by molar-refractivity contribution is -0.122. The number of amides is 1. The highest BCUT2D eigenvalue weighted by molar-refractivity contribution is 7.09. The van der Waals surface area contributed by atoms with Crippen molar-refractivity contribution in [1.82, 2.24) is 15.3 Å². The second kappa shape index (κ2) is 8.17. The maximum atomic E-state index is 12.0. The minimum absolute atomic E-state index is 0. The monoisotopic (exact) mass is 348 g/mol. The molecule has 1 amide bonds. The van der Waals surface area contributed by atoms with E-state index in [2.05, 4.69) is 15.3 Å². The van der Waals surface area contributed by atoms with Crippen LogP contribution in [0.4, 0.5) is 5.69 Å². The predicted molar refractivity (Wildman–Crippen MR) is 90.1 cm³/mol. The molecule has 21 heavy (non-hydrogen) atoms. The number of nitrogens with one attached hydrogen (secondary N) is 1. The summed E-state index contributed by atoms with van der Waals surface area (Å²) >= 11 is 1.52. The van der Waals surface area contributed by atoms with Gasteiger partial charge in [-0.3, -0.25) is 9.78 Å². The molecule has 0 atom stereocenters. The summed E-state index contributed by atoms with van der Waals surface area (Å²) in [6.07, 6.45) is 3.51. The molecule has 2 aromatic rings. The average molecular weight is 349 g/mol. The molecular formula is C13H18Cl2N4OS. The Morgan fingerprint density at radius 3 is 2.57 bits per heavy atom. The minimum atomic E-state index is -0.473. The first-order valence-electron chi connectivity index (χ1n) is 5.89. The van der Waals surface area contributed by atoms with Gasteiger partial charge in [0.2, 0.25) is 5.91 Å². The van der Waals surface area contributed by atoms with Gasteiger partial charge in [0, 0.05) is 17.3 Å². The zero-order valence-corrected chi connectivity index (χ0v) is 14.1. The molecule has 2 aromatic heterocycles. The van der Waals surface area contributed by atoms with Crippen LogP contribution in [-0.4, -0.2) is 15.9 Å². The number of anilines is 1. The summed E-state index contributed by atoms with van der Waals surface area (Å²) < 4.78 is 0. The molecule has 5 nitrogen and oxygen atoms in total. The molecule has 0 bridgehead atoms. The Bertz CT molecular complexity index is 558. The van der Waals surface area contributed by atoms with Crippen LogP contribution in [0.5, 0.6) is 0 Å². The normalized spacial score (nSPS) is 10.2. The first-order valence-corrected chi connectivity index (χ1v) is 6.77. The quantitative estimate of drug-likeness (QED) is 0.889. The molecule has 0 radical (unpaired) electrons. The number of nitrogens with two attached hydrogens (primary N) is 1. The van der Waals surface area contributed by atoms with Crippen molar-refractivity contribution in [2.24, 2.45) is 0 Å². The third-order valence-electron chi connectivity index (χ3n) is 2.61.